The first-order valence-corrected chi connectivity index (χ1v) is 19.4. The zero-order valence-corrected chi connectivity index (χ0v) is 31.8. The second kappa shape index (κ2) is 12.6. The number of hydrogen-bond donors (Lipinski definition) is 0. The number of hydrogen-bond acceptors (Lipinski definition) is 1. The van der Waals surface area contributed by atoms with Gasteiger partial charge in [-0.05, 0) is 103 Å². The molecule has 264 valence electrons. The first-order chi connectivity index (χ1) is 26.8. The van der Waals surface area contributed by atoms with Crippen molar-refractivity contribution >= 4 is 17.1 Å². The Labute approximate surface area is 325 Å². The van der Waals surface area contributed by atoms with Crippen LogP contribution in [0.2, 0.25) is 0 Å². The molecule has 0 bridgehead atoms. The number of para-hydroxylation sites is 1. The normalized spacial score (nSPS) is 14.1. The Morgan fingerprint density at radius 2 is 0.764 bits per heavy atom. The van der Waals surface area contributed by atoms with Gasteiger partial charge in [0.05, 0.1) is 5.69 Å². The molecule has 10 rings (SSSR count). The van der Waals surface area contributed by atoms with Crippen molar-refractivity contribution in [2.75, 3.05) is 4.90 Å². The molecule has 0 fully saturated rings. The Bertz CT molecular complexity index is 2750. The van der Waals surface area contributed by atoms with E-state index in [2.05, 4.69) is 221 Å². The second-order valence-corrected chi connectivity index (χ2v) is 16.1. The summed E-state index contributed by atoms with van der Waals surface area (Å²) in [6.07, 6.45) is 0. The average molecular weight is 706 g/mol. The van der Waals surface area contributed by atoms with Crippen molar-refractivity contribution in [1.82, 2.24) is 0 Å². The van der Waals surface area contributed by atoms with Crippen LogP contribution in [-0.2, 0) is 10.8 Å². The van der Waals surface area contributed by atoms with Crippen LogP contribution >= 0.6 is 0 Å². The minimum absolute atomic E-state index is 0.111. The van der Waals surface area contributed by atoms with Gasteiger partial charge in [0, 0.05) is 27.8 Å². The molecule has 0 spiro atoms. The molecule has 0 atom stereocenters. The predicted octanol–water partition coefficient (Wildman–Crippen LogP) is 14.8. The highest BCUT2D eigenvalue weighted by Gasteiger charge is 2.39. The van der Waals surface area contributed by atoms with Crippen LogP contribution in [0.1, 0.15) is 49.9 Å². The van der Waals surface area contributed by atoms with E-state index >= 15 is 0 Å². The van der Waals surface area contributed by atoms with E-state index in [4.69, 9.17) is 0 Å². The lowest BCUT2D eigenvalue weighted by Crippen LogP contribution is -2.18. The van der Waals surface area contributed by atoms with Crippen molar-refractivity contribution in [3.05, 3.63) is 210 Å². The minimum atomic E-state index is -0.204. The van der Waals surface area contributed by atoms with Gasteiger partial charge in [-0.15, -0.1) is 0 Å². The monoisotopic (exact) mass is 705 g/mol. The van der Waals surface area contributed by atoms with E-state index in [1.807, 2.05) is 0 Å². The molecule has 8 aromatic carbocycles. The molecule has 0 amide bonds. The van der Waals surface area contributed by atoms with Gasteiger partial charge < -0.3 is 4.90 Å². The highest BCUT2D eigenvalue weighted by molar-refractivity contribution is 5.98. The van der Waals surface area contributed by atoms with Crippen LogP contribution in [0, 0.1) is 0 Å². The topological polar surface area (TPSA) is 3.24 Å². The van der Waals surface area contributed by atoms with E-state index in [0.29, 0.717) is 0 Å². The third kappa shape index (κ3) is 5.14. The minimum Gasteiger partial charge on any atom is -0.310 e. The number of benzene rings is 8. The Morgan fingerprint density at radius 3 is 1.45 bits per heavy atom. The molecule has 8 aromatic rings. The maximum Gasteiger partial charge on any atom is 0.0540 e. The lowest BCUT2D eigenvalue weighted by Gasteiger charge is -2.31. The number of anilines is 3. The zero-order valence-electron chi connectivity index (χ0n) is 31.8. The Kier molecular flexibility index (Phi) is 7.58. The molecule has 0 N–H and O–H groups in total. The van der Waals surface area contributed by atoms with E-state index in [1.54, 1.807) is 0 Å². The Balaban J connectivity index is 1.18. The molecular formula is C54H43N. The van der Waals surface area contributed by atoms with E-state index in [-0.39, 0.29) is 10.8 Å². The summed E-state index contributed by atoms with van der Waals surface area (Å²) in [6, 6.07) is 69.4. The molecular weight excluding hydrogens is 663 g/mol. The SMILES string of the molecule is CC1(C)c2ccccc2-c2ccc(N(c3ccc4c(c3)C(C)(C)c3cccc(-c5ccccc5-c5ccccc5)c3-4)c3ccccc3-c3ccccc3)cc21. The number of fused-ring (bicyclic) bond motifs is 6. The smallest absolute Gasteiger partial charge is 0.0540 e. The molecule has 0 saturated heterocycles. The van der Waals surface area contributed by atoms with Crippen LogP contribution in [0.15, 0.2) is 188 Å². The molecule has 2 aliphatic carbocycles. The molecule has 2 aliphatic rings. The molecule has 0 radical (unpaired) electrons. The maximum atomic E-state index is 2.49. The van der Waals surface area contributed by atoms with E-state index in [9.17, 15) is 0 Å². The maximum absolute atomic E-state index is 2.49. The van der Waals surface area contributed by atoms with E-state index < -0.39 is 0 Å². The summed E-state index contributed by atoms with van der Waals surface area (Å²) < 4.78 is 0. The van der Waals surface area contributed by atoms with Gasteiger partial charge in [-0.3, -0.25) is 0 Å². The van der Waals surface area contributed by atoms with Gasteiger partial charge in [-0.25, -0.2) is 0 Å². The molecule has 0 saturated carbocycles. The summed E-state index contributed by atoms with van der Waals surface area (Å²) in [4.78, 5) is 2.49. The zero-order chi connectivity index (χ0) is 37.3. The number of nitrogens with zero attached hydrogens (tertiary/aromatic N) is 1. The molecule has 0 aromatic heterocycles. The first kappa shape index (κ1) is 33.2. The van der Waals surface area contributed by atoms with Gasteiger partial charge in [0.1, 0.15) is 0 Å². The third-order valence-electron chi connectivity index (χ3n) is 12.3. The summed E-state index contributed by atoms with van der Waals surface area (Å²) in [5.74, 6) is 0. The van der Waals surface area contributed by atoms with Crippen molar-refractivity contribution in [1.29, 1.82) is 0 Å². The molecule has 55 heavy (non-hydrogen) atoms. The van der Waals surface area contributed by atoms with E-state index in [0.717, 1.165) is 17.1 Å². The first-order valence-electron chi connectivity index (χ1n) is 19.4. The fourth-order valence-corrected chi connectivity index (χ4v) is 9.52. The highest BCUT2D eigenvalue weighted by Crippen LogP contribution is 2.56. The average Bonchev–Trinajstić information content (AvgIpc) is 3.61. The van der Waals surface area contributed by atoms with Crippen molar-refractivity contribution in [3.63, 3.8) is 0 Å². The van der Waals surface area contributed by atoms with Crippen LogP contribution < -0.4 is 4.90 Å². The quantitative estimate of drug-likeness (QED) is 0.166. The highest BCUT2D eigenvalue weighted by atomic mass is 15.1. The van der Waals surface area contributed by atoms with Crippen LogP contribution in [0.5, 0.6) is 0 Å². The Morgan fingerprint density at radius 1 is 0.309 bits per heavy atom. The molecule has 1 heteroatoms. The fraction of sp³-hybridized carbons (Fsp3) is 0.111. The third-order valence-corrected chi connectivity index (χ3v) is 12.3. The van der Waals surface area contributed by atoms with Crippen LogP contribution in [0.4, 0.5) is 17.1 Å². The predicted molar refractivity (Wildman–Crippen MR) is 233 cm³/mol. The molecule has 0 unspecified atom stereocenters. The van der Waals surface area contributed by atoms with Crippen LogP contribution in [0.3, 0.4) is 0 Å². The largest absolute Gasteiger partial charge is 0.310 e. The fourth-order valence-electron chi connectivity index (χ4n) is 9.52. The van der Waals surface area contributed by atoms with Crippen molar-refractivity contribution in [2.24, 2.45) is 0 Å². The second-order valence-electron chi connectivity index (χ2n) is 16.1. The van der Waals surface area contributed by atoms with Crippen molar-refractivity contribution in [3.8, 4) is 55.6 Å². The lowest BCUT2D eigenvalue weighted by atomic mass is 9.81. The lowest BCUT2D eigenvalue weighted by molar-refractivity contribution is 0.660. The summed E-state index contributed by atoms with van der Waals surface area (Å²) in [6.45, 7) is 9.52. The number of rotatable bonds is 6. The summed E-state index contributed by atoms with van der Waals surface area (Å²) in [5, 5.41) is 0. The molecule has 0 heterocycles. The van der Waals surface area contributed by atoms with Crippen LogP contribution in [-0.4, -0.2) is 0 Å². The molecule has 0 aliphatic heterocycles. The summed E-state index contributed by atoms with van der Waals surface area (Å²) >= 11 is 0. The standard InChI is InChI=1S/C54H43N/c1-53(2)47-27-15-13-25-43(47)44-32-30-38(34-49(44)53)55(51-29-16-14-23-41(51)37-20-9-6-10-21-37)39-31-33-46-50(35-39)54(3,4)48-28-17-26-45(52(46)48)42-24-12-11-22-40(42)36-18-7-5-8-19-36/h5-35H,1-4H3. The van der Waals surface area contributed by atoms with Gasteiger partial charge in [-0.1, -0.05) is 185 Å². The van der Waals surface area contributed by atoms with Gasteiger partial charge >= 0.3 is 0 Å². The van der Waals surface area contributed by atoms with Gasteiger partial charge in [0.15, 0.2) is 0 Å². The Hall–Kier alpha value is -6.44. The summed E-state index contributed by atoms with van der Waals surface area (Å²) in [7, 11) is 0. The van der Waals surface area contributed by atoms with E-state index in [1.165, 1.54) is 77.9 Å². The van der Waals surface area contributed by atoms with Crippen molar-refractivity contribution < 1.29 is 0 Å². The van der Waals surface area contributed by atoms with Gasteiger partial charge in [-0.2, -0.15) is 0 Å². The van der Waals surface area contributed by atoms with Crippen molar-refractivity contribution in [2.45, 2.75) is 38.5 Å². The molecule has 1 nitrogen and oxygen atoms in total. The summed E-state index contributed by atoms with van der Waals surface area (Å²) in [5.41, 5.74) is 21.4. The van der Waals surface area contributed by atoms with Gasteiger partial charge in [0.2, 0.25) is 0 Å². The van der Waals surface area contributed by atoms with Crippen LogP contribution in [0.25, 0.3) is 55.6 Å². The van der Waals surface area contributed by atoms with Gasteiger partial charge in [0.25, 0.3) is 0 Å².